The van der Waals surface area contributed by atoms with Crippen molar-refractivity contribution in [1.29, 1.82) is 0 Å². The zero-order chi connectivity index (χ0) is 20.7. The maximum absolute atomic E-state index is 11.8. The number of esters is 1. The quantitative estimate of drug-likeness (QED) is 0.118. The van der Waals surface area contributed by atoms with Crippen LogP contribution in [0.5, 0.6) is 0 Å². The third-order valence-corrected chi connectivity index (χ3v) is 5.35. The van der Waals surface area contributed by atoms with Gasteiger partial charge in [-0.2, -0.15) is 0 Å². The Kier molecular flexibility index (Phi) is 21.4. The first kappa shape index (κ1) is 27.0. The van der Waals surface area contributed by atoms with E-state index in [1.807, 2.05) is 0 Å². The molecule has 1 unspecified atom stereocenters. The van der Waals surface area contributed by atoms with Gasteiger partial charge in [-0.15, -0.1) is 0 Å². The highest BCUT2D eigenvalue weighted by Gasteiger charge is 2.09. The number of ether oxygens (including phenoxy) is 1. The summed E-state index contributed by atoms with van der Waals surface area (Å²) in [6, 6.07) is 0. The molecular weight excluding hydrogens is 344 g/mol. The molecule has 0 aliphatic carbocycles. The van der Waals surface area contributed by atoms with Crippen LogP contribution in [0.3, 0.4) is 0 Å². The summed E-state index contributed by atoms with van der Waals surface area (Å²) in [6.45, 7) is 7.27. The molecule has 1 atom stereocenters. The molecule has 164 valence electrons. The van der Waals surface area contributed by atoms with E-state index in [4.69, 9.17) is 4.74 Å². The van der Waals surface area contributed by atoms with Crippen molar-refractivity contribution in [3.8, 4) is 0 Å². The number of hydrogen-bond acceptors (Lipinski definition) is 2. The lowest BCUT2D eigenvalue weighted by atomic mass is 10.0. The van der Waals surface area contributed by atoms with E-state index in [2.05, 4.69) is 45.1 Å². The lowest BCUT2D eigenvalue weighted by Gasteiger charge is -2.14. The molecule has 0 aliphatic heterocycles. The minimum Gasteiger partial charge on any atom is -0.465 e. The van der Waals surface area contributed by atoms with E-state index in [1.54, 1.807) is 0 Å². The van der Waals surface area contributed by atoms with Gasteiger partial charge in [-0.1, -0.05) is 96.4 Å². The average molecular weight is 393 g/mol. The minimum absolute atomic E-state index is 0.000584. The van der Waals surface area contributed by atoms with Crippen molar-refractivity contribution in [3.05, 3.63) is 24.3 Å². The molecule has 0 aromatic carbocycles. The zero-order valence-electron chi connectivity index (χ0n) is 19.2. The Morgan fingerprint density at radius 2 is 1.36 bits per heavy atom. The van der Waals surface area contributed by atoms with Crippen LogP contribution in [0.4, 0.5) is 0 Å². The van der Waals surface area contributed by atoms with Crippen LogP contribution in [0.25, 0.3) is 0 Å². The van der Waals surface area contributed by atoms with Crippen LogP contribution in [0.2, 0.25) is 0 Å². The largest absolute Gasteiger partial charge is 0.465 e. The maximum Gasteiger partial charge on any atom is 0.305 e. The van der Waals surface area contributed by atoms with Crippen molar-refractivity contribution < 1.29 is 9.53 Å². The maximum atomic E-state index is 11.8. The van der Waals surface area contributed by atoms with Gasteiger partial charge in [-0.05, 0) is 50.9 Å². The fraction of sp³-hybridized carbons (Fsp3) is 0.808. The molecule has 0 aromatic rings. The Morgan fingerprint density at radius 1 is 0.750 bits per heavy atom. The normalized spacial score (nSPS) is 12.8. The van der Waals surface area contributed by atoms with E-state index in [-0.39, 0.29) is 5.97 Å². The summed E-state index contributed by atoms with van der Waals surface area (Å²) < 4.78 is 5.46. The van der Waals surface area contributed by atoms with Gasteiger partial charge in [0, 0.05) is 6.42 Å². The van der Waals surface area contributed by atoms with Crippen LogP contribution in [-0.4, -0.2) is 12.6 Å². The lowest BCUT2D eigenvalue weighted by molar-refractivity contribution is -0.145. The van der Waals surface area contributed by atoms with Gasteiger partial charge in [0.05, 0.1) is 6.61 Å². The molecule has 0 saturated carbocycles. The van der Waals surface area contributed by atoms with Crippen LogP contribution in [-0.2, 0) is 9.53 Å². The SMILES string of the molecule is CCCCCC=CCC=CCCCCCCCC(=O)OCC(CC)CCCC. The van der Waals surface area contributed by atoms with Crippen molar-refractivity contribution in [2.75, 3.05) is 6.61 Å². The van der Waals surface area contributed by atoms with Crippen LogP contribution < -0.4 is 0 Å². The predicted octanol–water partition coefficient (Wildman–Crippen LogP) is 8.56. The Morgan fingerprint density at radius 3 is 2.00 bits per heavy atom. The Bertz CT molecular complexity index is 384. The highest BCUT2D eigenvalue weighted by Crippen LogP contribution is 2.14. The summed E-state index contributed by atoms with van der Waals surface area (Å²) in [5.74, 6) is 0.550. The highest BCUT2D eigenvalue weighted by atomic mass is 16.5. The lowest BCUT2D eigenvalue weighted by Crippen LogP contribution is -2.13. The van der Waals surface area contributed by atoms with E-state index < -0.39 is 0 Å². The van der Waals surface area contributed by atoms with Crippen molar-refractivity contribution in [3.63, 3.8) is 0 Å². The minimum atomic E-state index is 0.000584. The Balaban J connectivity index is 3.42. The summed E-state index contributed by atoms with van der Waals surface area (Å²) in [5.41, 5.74) is 0. The van der Waals surface area contributed by atoms with Crippen LogP contribution >= 0.6 is 0 Å². The molecule has 0 saturated heterocycles. The number of unbranched alkanes of at least 4 members (excludes halogenated alkanes) is 9. The molecular formula is C26H48O2. The molecule has 0 radical (unpaired) electrons. The molecule has 0 rings (SSSR count). The number of carbonyl (C=O) groups excluding carboxylic acids is 1. The topological polar surface area (TPSA) is 26.3 Å². The number of carbonyl (C=O) groups is 1. The van der Waals surface area contributed by atoms with Gasteiger partial charge in [-0.25, -0.2) is 0 Å². The molecule has 0 bridgehead atoms. The summed E-state index contributed by atoms with van der Waals surface area (Å²) in [7, 11) is 0. The fourth-order valence-electron chi connectivity index (χ4n) is 3.26. The zero-order valence-corrected chi connectivity index (χ0v) is 19.2. The standard InChI is InChI=1S/C26H48O2/c1-4-7-9-10-11-12-13-14-15-16-17-18-19-20-21-23-26(27)28-24-25(6-3)22-8-5-2/h11-12,14-15,25H,4-10,13,16-24H2,1-3H3. The summed E-state index contributed by atoms with van der Waals surface area (Å²) in [5, 5.41) is 0. The molecule has 0 aliphatic rings. The molecule has 2 nitrogen and oxygen atoms in total. The first-order valence-corrected chi connectivity index (χ1v) is 12.2. The summed E-state index contributed by atoms with van der Waals surface area (Å²) in [6.07, 6.45) is 27.9. The number of hydrogen-bond donors (Lipinski definition) is 0. The van der Waals surface area contributed by atoms with Crippen molar-refractivity contribution in [2.45, 2.75) is 124 Å². The Labute approximate surface area is 176 Å². The average Bonchev–Trinajstić information content (AvgIpc) is 2.71. The number of rotatable bonds is 20. The van der Waals surface area contributed by atoms with Gasteiger partial charge in [-0.3, -0.25) is 4.79 Å². The molecule has 0 aromatic heterocycles. The molecule has 0 fully saturated rings. The second kappa shape index (κ2) is 22.2. The van der Waals surface area contributed by atoms with Gasteiger partial charge in [0.15, 0.2) is 0 Å². The molecule has 28 heavy (non-hydrogen) atoms. The van der Waals surface area contributed by atoms with Gasteiger partial charge >= 0.3 is 5.97 Å². The van der Waals surface area contributed by atoms with Crippen molar-refractivity contribution in [1.82, 2.24) is 0 Å². The third-order valence-electron chi connectivity index (χ3n) is 5.35. The highest BCUT2D eigenvalue weighted by molar-refractivity contribution is 5.69. The smallest absolute Gasteiger partial charge is 0.305 e. The first-order chi connectivity index (χ1) is 13.7. The summed E-state index contributed by atoms with van der Waals surface area (Å²) in [4.78, 5) is 11.8. The Hall–Kier alpha value is -1.05. The second-order valence-electron chi connectivity index (χ2n) is 8.08. The van der Waals surface area contributed by atoms with E-state index in [0.29, 0.717) is 18.9 Å². The van der Waals surface area contributed by atoms with E-state index in [0.717, 1.165) is 25.7 Å². The first-order valence-electron chi connectivity index (χ1n) is 12.2. The van der Waals surface area contributed by atoms with E-state index >= 15 is 0 Å². The summed E-state index contributed by atoms with van der Waals surface area (Å²) >= 11 is 0. The van der Waals surface area contributed by atoms with Crippen LogP contribution in [0, 0.1) is 5.92 Å². The molecule has 0 heterocycles. The number of allylic oxidation sites excluding steroid dienone is 4. The fourth-order valence-corrected chi connectivity index (χ4v) is 3.26. The monoisotopic (exact) mass is 392 g/mol. The van der Waals surface area contributed by atoms with Crippen molar-refractivity contribution in [2.24, 2.45) is 5.92 Å². The second-order valence-corrected chi connectivity index (χ2v) is 8.08. The van der Waals surface area contributed by atoms with Gasteiger partial charge < -0.3 is 4.74 Å². The van der Waals surface area contributed by atoms with Gasteiger partial charge in [0.25, 0.3) is 0 Å². The van der Waals surface area contributed by atoms with E-state index in [1.165, 1.54) is 70.6 Å². The molecule has 0 N–H and O–H groups in total. The van der Waals surface area contributed by atoms with Gasteiger partial charge in [0.2, 0.25) is 0 Å². The molecule has 2 heteroatoms. The van der Waals surface area contributed by atoms with Gasteiger partial charge in [0.1, 0.15) is 0 Å². The molecule has 0 spiro atoms. The third kappa shape index (κ3) is 19.7. The molecule has 0 amide bonds. The van der Waals surface area contributed by atoms with E-state index in [9.17, 15) is 4.79 Å². The van der Waals surface area contributed by atoms with Crippen molar-refractivity contribution >= 4 is 5.97 Å². The predicted molar refractivity (Wildman–Crippen MR) is 124 cm³/mol. The van der Waals surface area contributed by atoms with Crippen LogP contribution in [0.1, 0.15) is 124 Å². The van der Waals surface area contributed by atoms with Crippen LogP contribution in [0.15, 0.2) is 24.3 Å².